The van der Waals surface area contributed by atoms with Crippen LogP contribution in [0.15, 0.2) is 0 Å². The predicted octanol–water partition coefficient (Wildman–Crippen LogP) is 2.35. The summed E-state index contributed by atoms with van der Waals surface area (Å²) < 4.78 is 0. The van der Waals surface area contributed by atoms with Crippen LogP contribution < -0.4 is 0 Å². The van der Waals surface area contributed by atoms with E-state index in [0.717, 1.165) is 88.8 Å². The van der Waals surface area contributed by atoms with Crippen molar-refractivity contribution in [2.45, 2.75) is 0 Å². The number of hydrogen-bond donors (Lipinski definition) is 0. The zero-order valence-corrected chi connectivity index (χ0v) is 12.4. The van der Waals surface area contributed by atoms with Gasteiger partial charge in [0, 0.05) is 0 Å². The highest BCUT2D eigenvalue weighted by atomic mass is 15.1. The van der Waals surface area contributed by atoms with Crippen LogP contribution in [-0.2, 0) is 0 Å². The minimum absolute atomic E-state index is 0.248. The Morgan fingerprint density at radius 3 is 0.864 bits per heavy atom. The van der Waals surface area contributed by atoms with E-state index in [2.05, 4.69) is 6.07 Å². The molecule has 1 nitrogen and oxygen atoms in total. The van der Waals surface area contributed by atoms with E-state index in [4.69, 9.17) is 0 Å². The third-order valence-electron chi connectivity index (χ3n) is 13.7. The van der Waals surface area contributed by atoms with Crippen LogP contribution in [0.5, 0.6) is 0 Å². The molecule has 1 heteroatoms. The van der Waals surface area contributed by atoms with Gasteiger partial charge >= 0.3 is 0 Å². The summed E-state index contributed by atoms with van der Waals surface area (Å²) in [5, 5.41) is 10.5. The lowest BCUT2D eigenvalue weighted by atomic mass is 9.67. The largest absolute Gasteiger partial charge is 0.198 e. The number of rotatable bonds is 0. The molecular formula is C21H19N. The van der Waals surface area contributed by atoms with E-state index >= 15 is 0 Å². The fourth-order valence-electron chi connectivity index (χ4n) is 15.7. The van der Waals surface area contributed by atoms with E-state index in [1.54, 1.807) is 0 Å². The van der Waals surface area contributed by atoms with Crippen LogP contribution in [0.25, 0.3) is 0 Å². The molecule has 108 valence electrons. The van der Waals surface area contributed by atoms with E-state index < -0.39 is 0 Å². The molecule has 22 heavy (non-hydrogen) atoms. The van der Waals surface area contributed by atoms with Crippen molar-refractivity contribution in [3.63, 3.8) is 0 Å². The summed E-state index contributed by atoms with van der Waals surface area (Å²) in [6.07, 6.45) is 0. The highest BCUT2D eigenvalue weighted by molar-refractivity contribution is 5.50. The normalized spacial score (nSPS) is 102. The zero-order valence-electron chi connectivity index (χ0n) is 12.4. The predicted molar refractivity (Wildman–Crippen MR) is 74.4 cm³/mol. The molecule has 8 unspecified atom stereocenters. The molecule has 0 spiro atoms. The minimum Gasteiger partial charge on any atom is -0.198 e. The second kappa shape index (κ2) is 1.93. The topological polar surface area (TPSA) is 23.8 Å². The van der Waals surface area contributed by atoms with Gasteiger partial charge in [-0.2, -0.15) is 5.26 Å². The van der Waals surface area contributed by atoms with Crippen LogP contribution in [0, 0.1) is 129 Å². The number of hydrogen-bond acceptors (Lipinski definition) is 1. The first kappa shape index (κ1) is 9.10. The molecule has 0 amide bonds. The van der Waals surface area contributed by atoms with E-state index in [1.807, 2.05) is 0 Å². The molecule has 0 aromatic carbocycles. The maximum absolute atomic E-state index is 10.5. The van der Waals surface area contributed by atoms with Gasteiger partial charge in [-0.15, -0.1) is 0 Å². The molecule has 12 aliphatic rings. The zero-order chi connectivity index (χ0) is 13.2. The van der Waals surface area contributed by atoms with Crippen molar-refractivity contribution in [3.05, 3.63) is 0 Å². The van der Waals surface area contributed by atoms with Gasteiger partial charge in [0.05, 0.1) is 11.5 Å². The van der Waals surface area contributed by atoms with Gasteiger partial charge in [-0.25, -0.2) is 0 Å². The lowest BCUT2D eigenvalue weighted by Crippen LogP contribution is -2.34. The Morgan fingerprint density at radius 2 is 0.636 bits per heavy atom. The molecule has 0 radical (unpaired) electrons. The van der Waals surface area contributed by atoms with Crippen molar-refractivity contribution in [2.75, 3.05) is 0 Å². The third kappa shape index (κ3) is 0.404. The molecule has 0 heterocycles. The van der Waals surface area contributed by atoms with Crippen LogP contribution in [-0.4, -0.2) is 0 Å². The van der Waals surface area contributed by atoms with Crippen molar-refractivity contribution in [3.8, 4) is 6.07 Å². The van der Waals surface area contributed by atoms with Crippen LogP contribution in [0.3, 0.4) is 0 Å². The molecule has 12 saturated carbocycles. The molecule has 0 aromatic heterocycles. The van der Waals surface area contributed by atoms with Crippen LogP contribution in [0.2, 0.25) is 0 Å². The summed E-state index contributed by atoms with van der Waals surface area (Å²) in [6, 6.07) is 3.16. The molecule has 12 aliphatic carbocycles. The van der Waals surface area contributed by atoms with Gasteiger partial charge in [-0.3, -0.25) is 0 Å². The Labute approximate surface area is 129 Å². The molecule has 0 aromatic rings. The molecule has 12 rings (SSSR count). The quantitative estimate of drug-likeness (QED) is 0.670. The summed E-state index contributed by atoms with van der Waals surface area (Å²) in [4.78, 5) is 0. The molecule has 0 N–H and O–H groups in total. The van der Waals surface area contributed by atoms with Crippen LogP contribution in [0.4, 0.5) is 0 Å². The first-order chi connectivity index (χ1) is 10.9. The molecule has 0 aliphatic heterocycles. The molecule has 12 fully saturated rings. The Hall–Kier alpha value is -0.510. The second-order valence-electron chi connectivity index (χ2n) is 11.9. The van der Waals surface area contributed by atoms with E-state index in [-0.39, 0.29) is 5.41 Å². The van der Waals surface area contributed by atoms with Crippen LogP contribution in [0.1, 0.15) is 0 Å². The van der Waals surface area contributed by atoms with Crippen molar-refractivity contribution >= 4 is 0 Å². The second-order valence-corrected chi connectivity index (χ2v) is 11.9. The summed E-state index contributed by atoms with van der Waals surface area (Å²) in [7, 11) is 0. The van der Waals surface area contributed by atoms with E-state index in [9.17, 15) is 5.26 Å². The van der Waals surface area contributed by atoms with E-state index in [0.29, 0.717) is 0 Å². The first-order valence-corrected chi connectivity index (χ1v) is 10.3. The third-order valence-corrected chi connectivity index (χ3v) is 13.7. The summed E-state index contributed by atoms with van der Waals surface area (Å²) in [6.45, 7) is 0. The van der Waals surface area contributed by atoms with Gasteiger partial charge in [0.25, 0.3) is 0 Å². The summed E-state index contributed by atoms with van der Waals surface area (Å²) in [5.74, 6) is 21.1. The van der Waals surface area contributed by atoms with Crippen LogP contribution >= 0.6 is 0 Å². The van der Waals surface area contributed by atoms with E-state index in [1.165, 1.54) is 23.7 Å². The van der Waals surface area contributed by atoms with Gasteiger partial charge in [-0.05, 0) is 112 Å². The minimum atomic E-state index is 0.248. The Bertz CT molecular complexity index is 691. The molecular weight excluding hydrogens is 266 g/mol. The molecule has 0 bridgehead atoms. The Kier molecular flexibility index (Phi) is 0.799. The van der Waals surface area contributed by atoms with Crippen molar-refractivity contribution in [2.24, 2.45) is 118 Å². The lowest BCUT2D eigenvalue weighted by Gasteiger charge is -2.33. The molecule has 20 atom stereocenters. The lowest BCUT2D eigenvalue weighted by molar-refractivity contribution is 0.142. The van der Waals surface area contributed by atoms with Gasteiger partial charge < -0.3 is 0 Å². The Morgan fingerprint density at radius 1 is 0.409 bits per heavy atom. The van der Waals surface area contributed by atoms with Gasteiger partial charge in [0.1, 0.15) is 0 Å². The maximum Gasteiger partial charge on any atom is 0.0699 e. The average molecular weight is 285 g/mol. The number of nitriles is 1. The molecule has 0 saturated heterocycles. The standard InChI is InChI=1S/C21H19N/c22-1-21-18-12-6-3-2-4-8(6)14(18)16-10(4)11-5(2)9-7(3)13(12)19(21)15(9)17(11)20(16)21/h2-20H/t2?,3?,4?,5?,6-,7-,8-,9+,10+,11+,12-,13+,14+,15+,16+,17-,18?,19?,20?,21?/m0/s1. The fraction of sp³-hybridized carbons (Fsp3) is 0.952. The Balaban J connectivity index is 1.48. The maximum atomic E-state index is 10.5. The van der Waals surface area contributed by atoms with Crippen molar-refractivity contribution < 1.29 is 0 Å². The van der Waals surface area contributed by atoms with Gasteiger partial charge in [0.15, 0.2) is 0 Å². The average Bonchev–Trinajstić information content (AvgIpc) is 3.18. The summed E-state index contributed by atoms with van der Waals surface area (Å²) >= 11 is 0. The summed E-state index contributed by atoms with van der Waals surface area (Å²) in [5.41, 5.74) is 0.248. The smallest absolute Gasteiger partial charge is 0.0699 e. The monoisotopic (exact) mass is 285 g/mol. The van der Waals surface area contributed by atoms with Gasteiger partial charge in [0.2, 0.25) is 0 Å². The van der Waals surface area contributed by atoms with Crippen molar-refractivity contribution in [1.29, 1.82) is 5.26 Å². The van der Waals surface area contributed by atoms with Crippen molar-refractivity contribution in [1.82, 2.24) is 0 Å². The first-order valence-electron chi connectivity index (χ1n) is 10.3. The number of nitrogens with zero attached hydrogens (tertiary/aromatic N) is 1. The SMILES string of the molecule is N#CC12C3[C@@H]4[C@@H]5C6C7C8[C@@H]9[C@@H]6[C@@H]4C1[C@H]9[C@@H]1C2[C@H]2[C@@H](C7[C@@H]5[C@@H]32)[C@H]81. The highest BCUT2D eigenvalue weighted by Gasteiger charge is 3.02. The van der Waals surface area contributed by atoms with Gasteiger partial charge in [-0.1, -0.05) is 0 Å². The highest BCUT2D eigenvalue weighted by Crippen LogP contribution is 3.04. The fourth-order valence-corrected chi connectivity index (χ4v) is 15.7.